The van der Waals surface area contributed by atoms with Crippen molar-refractivity contribution in [2.75, 3.05) is 0 Å². The molecule has 4 N–H and O–H groups in total. The highest BCUT2D eigenvalue weighted by Crippen LogP contribution is 2.07. The quantitative estimate of drug-likeness (QED) is 0.470. The van der Waals surface area contributed by atoms with E-state index in [0.29, 0.717) is 6.42 Å². The van der Waals surface area contributed by atoms with Crippen molar-refractivity contribution >= 4 is 18.0 Å². The average Bonchev–Trinajstić information content (AvgIpc) is 2.74. The van der Waals surface area contributed by atoms with E-state index < -0.39 is 36.2 Å². The van der Waals surface area contributed by atoms with Gasteiger partial charge in [0.05, 0.1) is 6.10 Å². The Balaban J connectivity index is 1.91. The lowest BCUT2D eigenvalue weighted by Crippen LogP contribution is -2.55. The number of alkyl carbamates (subject to hydrolysis) is 1. The number of ether oxygens (including phenoxy) is 1. The minimum Gasteiger partial charge on any atom is -0.480 e. The van der Waals surface area contributed by atoms with E-state index in [9.17, 15) is 24.6 Å². The van der Waals surface area contributed by atoms with Gasteiger partial charge in [-0.3, -0.25) is 4.79 Å². The molecule has 0 fully saturated rings. The second kappa shape index (κ2) is 11.6. The Morgan fingerprint density at radius 2 is 1.50 bits per heavy atom. The molecule has 0 saturated carbocycles. The number of carbonyl (C=O) groups is 3. The molecule has 30 heavy (non-hydrogen) atoms. The van der Waals surface area contributed by atoms with Gasteiger partial charge in [0.15, 0.2) is 0 Å². The van der Waals surface area contributed by atoms with Crippen LogP contribution in [-0.2, 0) is 27.4 Å². The lowest BCUT2D eigenvalue weighted by Gasteiger charge is -2.23. The summed E-state index contributed by atoms with van der Waals surface area (Å²) in [7, 11) is 0. The Labute approximate surface area is 174 Å². The molecule has 0 radical (unpaired) electrons. The highest BCUT2D eigenvalue weighted by Gasteiger charge is 2.30. The van der Waals surface area contributed by atoms with E-state index in [1.807, 2.05) is 36.4 Å². The van der Waals surface area contributed by atoms with Crippen LogP contribution in [0.25, 0.3) is 0 Å². The summed E-state index contributed by atoms with van der Waals surface area (Å²) in [5, 5.41) is 24.0. The largest absolute Gasteiger partial charge is 0.480 e. The van der Waals surface area contributed by atoms with Crippen LogP contribution >= 0.6 is 0 Å². The molecular weight excluding hydrogens is 388 g/mol. The molecule has 160 valence electrons. The Bertz CT molecular complexity index is 826. The first-order valence-electron chi connectivity index (χ1n) is 9.59. The van der Waals surface area contributed by atoms with Crippen molar-refractivity contribution in [2.45, 2.75) is 44.6 Å². The summed E-state index contributed by atoms with van der Waals surface area (Å²) in [6.07, 6.45) is -1.53. The van der Waals surface area contributed by atoms with E-state index in [4.69, 9.17) is 4.74 Å². The van der Waals surface area contributed by atoms with Crippen LogP contribution in [-0.4, -0.2) is 46.4 Å². The van der Waals surface area contributed by atoms with Gasteiger partial charge >= 0.3 is 12.1 Å². The first-order chi connectivity index (χ1) is 14.4. The van der Waals surface area contributed by atoms with Crippen molar-refractivity contribution in [1.82, 2.24) is 10.6 Å². The lowest BCUT2D eigenvalue weighted by molar-refractivity contribution is -0.142. The van der Waals surface area contributed by atoms with Gasteiger partial charge in [-0.1, -0.05) is 60.7 Å². The van der Waals surface area contributed by atoms with Crippen LogP contribution in [0, 0.1) is 0 Å². The maximum Gasteiger partial charge on any atom is 0.408 e. The molecule has 0 spiro atoms. The van der Waals surface area contributed by atoms with E-state index in [1.165, 1.54) is 6.92 Å². The Morgan fingerprint density at radius 3 is 2.03 bits per heavy atom. The van der Waals surface area contributed by atoms with Crippen LogP contribution in [0.2, 0.25) is 0 Å². The third kappa shape index (κ3) is 7.56. The third-order valence-electron chi connectivity index (χ3n) is 4.43. The summed E-state index contributed by atoms with van der Waals surface area (Å²) in [5.41, 5.74) is 1.70. The first-order valence-corrected chi connectivity index (χ1v) is 9.59. The van der Waals surface area contributed by atoms with Crippen molar-refractivity contribution in [3.8, 4) is 0 Å². The summed E-state index contributed by atoms with van der Waals surface area (Å²) in [6, 6.07) is 15.7. The summed E-state index contributed by atoms with van der Waals surface area (Å²) in [4.78, 5) is 36.1. The number of rotatable bonds is 10. The average molecular weight is 414 g/mol. The monoisotopic (exact) mass is 414 g/mol. The molecule has 2 rings (SSSR count). The van der Waals surface area contributed by atoms with Crippen molar-refractivity contribution in [2.24, 2.45) is 0 Å². The molecule has 0 unspecified atom stereocenters. The fourth-order valence-corrected chi connectivity index (χ4v) is 2.77. The number of nitrogens with one attached hydrogen (secondary N) is 2. The Kier molecular flexibility index (Phi) is 8.83. The maximum atomic E-state index is 12.5. The van der Waals surface area contributed by atoms with Crippen molar-refractivity contribution in [3.63, 3.8) is 0 Å². The highest BCUT2D eigenvalue weighted by atomic mass is 16.5. The molecule has 8 heteroatoms. The zero-order chi connectivity index (χ0) is 21.9. The zero-order valence-corrected chi connectivity index (χ0v) is 16.7. The van der Waals surface area contributed by atoms with Gasteiger partial charge < -0.3 is 25.6 Å². The normalized spacial score (nSPS) is 13.5. The number of carbonyl (C=O) groups excluding carboxylic acids is 2. The lowest BCUT2D eigenvalue weighted by atomic mass is 10.0. The summed E-state index contributed by atoms with van der Waals surface area (Å²) in [6.45, 7) is 1.32. The molecule has 0 saturated heterocycles. The molecule has 2 aromatic carbocycles. The fraction of sp³-hybridized carbons (Fsp3) is 0.318. The Hall–Kier alpha value is -3.39. The van der Waals surface area contributed by atoms with Crippen LogP contribution in [0.15, 0.2) is 60.7 Å². The van der Waals surface area contributed by atoms with Gasteiger partial charge in [0.25, 0.3) is 0 Å². The molecule has 0 aliphatic heterocycles. The van der Waals surface area contributed by atoms with Crippen LogP contribution in [0.5, 0.6) is 0 Å². The number of aliphatic hydroxyl groups excluding tert-OH is 1. The minimum absolute atomic E-state index is 0.00432. The standard InChI is InChI=1S/C22H26N2O6/c1-15(25)19(24-22(29)30-14-17-10-6-3-7-11-17)20(26)23-18(21(27)28)13-12-16-8-4-2-5-9-16/h2-11,15,18-19,25H,12-14H2,1H3,(H,23,26)(H,24,29)(H,27,28)/t15-,18-,19+/m1/s1. The van der Waals surface area contributed by atoms with E-state index in [2.05, 4.69) is 10.6 Å². The number of carboxylic acids is 1. The summed E-state index contributed by atoms with van der Waals surface area (Å²) >= 11 is 0. The van der Waals surface area contributed by atoms with Gasteiger partial charge in [-0.05, 0) is 30.9 Å². The van der Waals surface area contributed by atoms with Gasteiger partial charge in [0, 0.05) is 0 Å². The minimum atomic E-state index is -1.35. The number of aliphatic hydroxyl groups is 1. The van der Waals surface area contributed by atoms with Gasteiger partial charge in [-0.2, -0.15) is 0 Å². The number of amides is 2. The molecule has 0 aromatic heterocycles. The van der Waals surface area contributed by atoms with Crippen LogP contribution in [0.1, 0.15) is 24.5 Å². The molecule has 2 aromatic rings. The number of hydrogen-bond acceptors (Lipinski definition) is 5. The molecular formula is C22H26N2O6. The van der Waals surface area contributed by atoms with Crippen molar-refractivity contribution in [3.05, 3.63) is 71.8 Å². The van der Waals surface area contributed by atoms with Crippen LogP contribution in [0.4, 0.5) is 4.79 Å². The molecule has 2 amide bonds. The van der Waals surface area contributed by atoms with Gasteiger partial charge in [-0.15, -0.1) is 0 Å². The van der Waals surface area contributed by atoms with Crippen LogP contribution < -0.4 is 10.6 Å². The first kappa shape index (κ1) is 22.9. The Morgan fingerprint density at radius 1 is 0.933 bits per heavy atom. The predicted molar refractivity (Wildman–Crippen MR) is 110 cm³/mol. The zero-order valence-electron chi connectivity index (χ0n) is 16.7. The molecule has 0 aliphatic carbocycles. The SMILES string of the molecule is C[C@@H](O)[C@H](NC(=O)OCc1ccccc1)C(=O)N[C@H](CCc1ccccc1)C(=O)O. The molecule has 0 bridgehead atoms. The molecule has 0 aliphatic rings. The van der Waals surface area contributed by atoms with E-state index in [0.717, 1.165) is 11.1 Å². The number of benzene rings is 2. The van der Waals surface area contributed by atoms with E-state index in [-0.39, 0.29) is 13.0 Å². The van der Waals surface area contributed by atoms with Crippen molar-refractivity contribution in [1.29, 1.82) is 0 Å². The number of aryl methyl sites for hydroxylation is 1. The molecule has 0 heterocycles. The van der Waals surface area contributed by atoms with E-state index in [1.54, 1.807) is 24.3 Å². The summed E-state index contributed by atoms with van der Waals surface area (Å²) in [5.74, 6) is -2.00. The summed E-state index contributed by atoms with van der Waals surface area (Å²) < 4.78 is 5.06. The van der Waals surface area contributed by atoms with Gasteiger partial charge in [0.1, 0.15) is 18.7 Å². The maximum absolute atomic E-state index is 12.5. The number of aliphatic carboxylic acids is 1. The van der Waals surface area contributed by atoms with Crippen LogP contribution in [0.3, 0.4) is 0 Å². The molecule has 3 atom stereocenters. The fourth-order valence-electron chi connectivity index (χ4n) is 2.77. The topological polar surface area (TPSA) is 125 Å². The predicted octanol–water partition coefficient (Wildman–Crippen LogP) is 1.86. The second-order valence-electron chi connectivity index (χ2n) is 6.85. The smallest absolute Gasteiger partial charge is 0.408 e. The third-order valence-corrected chi connectivity index (χ3v) is 4.43. The van der Waals surface area contributed by atoms with E-state index >= 15 is 0 Å². The number of carboxylic acid groups (broad SMARTS) is 1. The number of hydrogen-bond donors (Lipinski definition) is 4. The molecule has 8 nitrogen and oxygen atoms in total. The second-order valence-corrected chi connectivity index (χ2v) is 6.85. The highest BCUT2D eigenvalue weighted by molar-refractivity contribution is 5.89. The van der Waals surface area contributed by atoms with Gasteiger partial charge in [0.2, 0.25) is 5.91 Å². The van der Waals surface area contributed by atoms with Crippen molar-refractivity contribution < 1.29 is 29.3 Å². The van der Waals surface area contributed by atoms with Gasteiger partial charge in [-0.25, -0.2) is 9.59 Å².